The highest BCUT2D eigenvalue weighted by Gasteiger charge is 2.32. The van der Waals surface area contributed by atoms with E-state index in [1.54, 1.807) is 0 Å². The Hall–Kier alpha value is -1.94. The Labute approximate surface area is 128 Å². The van der Waals surface area contributed by atoms with Gasteiger partial charge >= 0.3 is 0 Å². The number of benzene rings is 1. The monoisotopic (exact) mass is 301 g/mol. The van der Waals surface area contributed by atoms with E-state index in [1.165, 1.54) is 23.5 Å². The Morgan fingerprint density at radius 1 is 1.33 bits per heavy atom. The first-order chi connectivity index (χ1) is 10.2. The van der Waals surface area contributed by atoms with E-state index in [-0.39, 0.29) is 17.1 Å². The predicted molar refractivity (Wildman–Crippen MR) is 81.2 cm³/mol. The second kappa shape index (κ2) is 5.82. The fraction of sp³-hybridized carbons (Fsp3) is 0.312. The molecule has 1 aliphatic heterocycles. The molecule has 0 radical (unpaired) electrons. The molecular formula is C16H16ClN3O. The summed E-state index contributed by atoms with van der Waals surface area (Å²) in [5.41, 5.74) is 2.72. The molecule has 0 N–H and O–H groups in total. The third-order valence-electron chi connectivity index (χ3n) is 3.89. The van der Waals surface area contributed by atoms with E-state index in [2.05, 4.69) is 29.0 Å². The van der Waals surface area contributed by atoms with Gasteiger partial charge in [-0.05, 0) is 30.9 Å². The molecule has 1 saturated heterocycles. The molecular weight excluding hydrogens is 286 g/mol. The summed E-state index contributed by atoms with van der Waals surface area (Å²) in [6, 6.07) is 8.31. The second-order valence-corrected chi connectivity index (χ2v) is 5.63. The molecule has 1 atom stereocenters. The van der Waals surface area contributed by atoms with Crippen LogP contribution in [0.2, 0.25) is 5.15 Å². The summed E-state index contributed by atoms with van der Waals surface area (Å²) in [6.07, 6.45) is 4.88. The van der Waals surface area contributed by atoms with Crippen LogP contribution < -0.4 is 0 Å². The summed E-state index contributed by atoms with van der Waals surface area (Å²) in [6.45, 7) is 2.82. The standard InChI is InChI=1S/C16H16ClN3O/c1-11-5-2-3-6-12(11)14-7-4-8-20(14)16(21)13-9-18-10-15(17)19-13/h2-3,5-6,9-10,14H,4,7-8H2,1H3. The molecule has 1 aromatic carbocycles. The van der Waals surface area contributed by atoms with Crippen LogP contribution in [0.15, 0.2) is 36.7 Å². The number of rotatable bonds is 2. The van der Waals surface area contributed by atoms with Crippen LogP contribution in [0.3, 0.4) is 0 Å². The predicted octanol–water partition coefficient (Wildman–Crippen LogP) is 3.42. The van der Waals surface area contributed by atoms with Gasteiger partial charge in [0.25, 0.3) is 5.91 Å². The van der Waals surface area contributed by atoms with Gasteiger partial charge in [0.2, 0.25) is 0 Å². The molecule has 2 aromatic rings. The normalized spacial score (nSPS) is 18.0. The molecule has 3 rings (SSSR count). The Morgan fingerprint density at radius 2 is 2.14 bits per heavy atom. The van der Waals surface area contributed by atoms with Crippen molar-refractivity contribution in [1.29, 1.82) is 0 Å². The van der Waals surface area contributed by atoms with Crippen molar-refractivity contribution in [3.63, 3.8) is 0 Å². The first-order valence-electron chi connectivity index (χ1n) is 7.01. The van der Waals surface area contributed by atoms with Gasteiger partial charge in [0.15, 0.2) is 0 Å². The third kappa shape index (κ3) is 2.76. The molecule has 0 bridgehead atoms. The lowest BCUT2D eigenvalue weighted by molar-refractivity contribution is 0.0729. The Balaban J connectivity index is 1.91. The van der Waals surface area contributed by atoms with Crippen LogP contribution in [0, 0.1) is 6.92 Å². The van der Waals surface area contributed by atoms with Gasteiger partial charge in [0, 0.05) is 6.54 Å². The van der Waals surface area contributed by atoms with E-state index in [9.17, 15) is 4.79 Å². The smallest absolute Gasteiger partial charge is 0.274 e. The zero-order valence-electron chi connectivity index (χ0n) is 11.8. The maximum atomic E-state index is 12.7. The lowest BCUT2D eigenvalue weighted by atomic mass is 9.99. The zero-order chi connectivity index (χ0) is 14.8. The minimum atomic E-state index is -0.101. The number of aryl methyl sites for hydroxylation is 1. The van der Waals surface area contributed by atoms with E-state index >= 15 is 0 Å². The Kier molecular flexibility index (Phi) is 3.88. The minimum absolute atomic E-state index is 0.101. The van der Waals surface area contributed by atoms with Gasteiger partial charge in [-0.3, -0.25) is 9.78 Å². The summed E-state index contributed by atoms with van der Waals surface area (Å²) < 4.78 is 0. The highest BCUT2D eigenvalue weighted by atomic mass is 35.5. The molecule has 2 heterocycles. The average Bonchev–Trinajstić information content (AvgIpc) is 2.96. The largest absolute Gasteiger partial charge is 0.330 e. The summed E-state index contributed by atoms with van der Waals surface area (Å²) in [5.74, 6) is -0.101. The van der Waals surface area contributed by atoms with E-state index in [4.69, 9.17) is 11.6 Å². The SMILES string of the molecule is Cc1ccccc1C1CCCN1C(=O)c1cncc(Cl)n1. The van der Waals surface area contributed by atoms with E-state index < -0.39 is 0 Å². The minimum Gasteiger partial charge on any atom is -0.330 e. The highest BCUT2D eigenvalue weighted by molar-refractivity contribution is 6.29. The van der Waals surface area contributed by atoms with Crippen molar-refractivity contribution in [1.82, 2.24) is 14.9 Å². The fourth-order valence-corrected chi connectivity index (χ4v) is 3.03. The number of carbonyl (C=O) groups excluding carboxylic acids is 1. The van der Waals surface area contributed by atoms with Crippen LogP contribution in [0.1, 0.15) is 40.5 Å². The van der Waals surface area contributed by atoms with Crippen molar-refractivity contribution in [3.05, 3.63) is 58.6 Å². The highest BCUT2D eigenvalue weighted by Crippen LogP contribution is 2.34. The first kappa shape index (κ1) is 14.0. The van der Waals surface area contributed by atoms with Crippen LogP contribution in [0.4, 0.5) is 0 Å². The van der Waals surface area contributed by atoms with Crippen LogP contribution in [-0.2, 0) is 0 Å². The molecule has 108 valence electrons. The lowest BCUT2D eigenvalue weighted by Crippen LogP contribution is -2.31. The van der Waals surface area contributed by atoms with Gasteiger partial charge in [-0.2, -0.15) is 0 Å². The molecule has 0 spiro atoms. The molecule has 1 unspecified atom stereocenters. The van der Waals surface area contributed by atoms with Crippen LogP contribution in [0.5, 0.6) is 0 Å². The number of likely N-dealkylation sites (tertiary alicyclic amines) is 1. The number of nitrogens with zero attached hydrogens (tertiary/aromatic N) is 3. The van der Waals surface area contributed by atoms with Crippen molar-refractivity contribution in [2.24, 2.45) is 0 Å². The van der Waals surface area contributed by atoms with E-state index in [0.29, 0.717) is 5.69 Å². The van der Waals surface area contributed by atoms with Crippen molar-refractivity contribution in [3.8, 4) is 0 Å². The maximum Gasteiger partial charge on any atom is 0.274 e. The molecule has 1 amide bonds. The van der Waals surface area contributed by atoms with Gasteiger partial charge in [0.1, 0.15) is 10.8 Å². The topological polar surface area (TPSA) is 46.1 Å². The molecule has 0 saturated carbocycles. The van der Waals surface area contributed by atoms with Crippen molar-refractivity contribution < 1.29 is 4.79 Å². The number of halogens is 1. The van der Waals surface area contributed by atoms with Gasteiger partial charge in [-0.15, -0.1) is 0 Å². The lowest BCUT2D eigenvalue weighted by Gasteiger charge is -2.26. The summed E-state index contributed by atoms with van der Waals surface area (Å²) in [7, 11) is 0. The Bertz CT molecular complexity index is 674. The molecule has 21 heavy (non-hydrogen) atoms. The molecule has 5 heteroatoms. The van der Waals surface area contributed by atoms with Crippen LogP contribution in [0.25, 0.3) is 0 Å². The van der Waals surface area contributed by atoms with Crippen molar-refractivity contribution in [2.45, 2.75) is 25.8 Å². The van der Waals surface area contributed by atoms with Crippen LogP contribution >= 0.6 is 11.6 Å². The first-order valence-corrected chi connectivity index (χ1v) is 7.38. The molecule has 4 nitrogen and oxygen atoms in total. The summed E-state index contributed by atoms with van der Waals surface area (Å²) >= 11 is 5.83. The number of hydrogen-bond acceptors (Lipinski definition) is 3. The van der Waals surface area contributed by atoms with Crippen LogP contribution in [-0.4, -0.2) is 27.3 Å². The molecule has 1 fully saturated rings. The van der Waals surface area contributed by atoms with Crippen molar-refractivity contribution >= 4 is 17.5 Å². The van der Waals surface area contributed by atoms with Gasteiger partial charge < -0.3 is 4.90 Å². The van der Waals surface area contributed by atoms with E-state index in [0.717, 1.165) is 19.4 Å². The number of amides is 1. The molecule has 0 aliphatic carbocycles. The van der Waals surface area contributed by atoms with E-state index in [1.807, 2.05) is 17.0 Å². The Morgan fingerprint density at radius 3 is 2.90 bits per heavy atom. The number of aromatic nitrogens is 2. The summed E-state index contributed by atoms with van der Waals surface area (Å²) in [4.78, 5) is 22.6. The maximum absolute atomic E-state index is 12.7. The second-order valence-electron chi connectivity index (χ2n) is 5.24. The number of hydrogen-bond donors (Lipinski definition) is 0. The molecule has 1 aromatic heterocycles. The third-order valence-corrected chi connectivity index (χ3v) is 4.07. The summed E-state index contributed by atoms with van der Waals surface area (Å²) in [5, 5.41) is 0.243. The number of carbonyl (C=O) groups is 1. The van der Waals surface area contributed by atoms with Gasteiger partial charge in [-0.1, -0.05) is 35.9 Å². The fourth-order valence-electron chi connectivity index (χ4n) is 2.89. The quantitative estimate of drug-likeness (QED) is 0.854. The van der Waals surface area contributed by atoms with Crippen molar-refractivity contribution in [2.75, 3.05) is 6.54 Å². The molecule has 1 aliphatic rings. The van der Waals surface area contributed by atoms with Gasteiger partial charge in [0.05, 0.1) is 18.4 Å². The van der Waals surface area contributed by atoms with Gasteiger partial charge in [-0.25, -0.2) is 4.98 Å². The average molecular weight is 302 g/mol. The zero-order valence-corrected chi connectivity index (χ0v) is 12.5.